The highest BCUT2D eigenvalue weighted by molar-refractivity contribution is 7.07. The third kappa shape index (κ3) is 3.63. The normalized spacial score (nSPS) is 11.7. The van der Waals surface area contributed by atoms with Crippen LogP contribution in [0.25, 0.3) is 0 Å². The smallest absolute Gasteiger partial charge is 0.387 e. The van der Waals surface area contributed by atoms with Crippen molar-refractivity contribution in [1.29, 1.82) is 0 Å². The van der Waals surface area contributed by atoms with Gasteiger partial charge in [0, 0.05) is 16.9 Å². The molecule has 7 heteroatoms. The highest BCUT2D eigenvalue weighted by atomic mass is 32.1. The number of ether oxygens (including phenoxy) is 2. The van der Waals surface area contributed by atoms with Crippen molar-refractivity contribution in [2.24, 2.45) is 0 Å². The van der Waals surface area contributed by atoms with E-state index in [9.17, 15) is 8.78 Å². The molecule has 1 aromatic carbocycles. The Bertz CT molecular complexity index is 582. The van der Waals surface area contributed by atoms with E-state index >= 15 is 0 Å². The quantitative estimate of drug-likeness (QED) is 0.847. The van der Waals surface area contributed by atoms with E-state index in [4.69, 9.17) is 4.74 Å². The summed E-state index contributed by atoms with van der Waals surface area (Å²) in [5, 5.41) is 0.292. The Kier molecular flexibility index (Phi) is 4.17. The van der Waals surface area contributed by atoms with Crippen molar-refractivity contribution in [2.45, 2.75) is 32.8 Å². The van der Waals surface area contributed by atoms with E-state index in [1.165, 1.54) is 12.1 Å². The number of alkyl halides is 2. The van der Waals surface area contributed by atoms with Gasteiger partial charge in [0.05, 0.1) is 0 Å². The number of benzene rings is 1. The first-order chi connectivity index (χ1) is 9.36. The molecule has 108 valence electrons. The van der Waals surface area contributed by atoms with Gasteiger partial charge >= 0.3 is 6.61 Å². The van der Waals surface area contributed by atoms with Crippen LogP contribution >= 0.6 is 11.5 Å². The van der Waals surface area contributed by atoms with Gasteiger partial charge in [-0.1, -0.05) is 32.9 Å². The summed E-state index contributed by atoms with van der Waals surface area (Å²) in [4.78, 5) is 4.24. The Labute approximate surface area is 119 Å². The van der Waals surface area contributed by atoms with Crippen LogP contribution in [-0.2, 0) is 5.41 Å². The molecule has 0 N–H and O–H groups in total. The predicted octanol–water partition coefficient (Wildman–Crippen LogP) is 4.23. The third-order valence-electron chi connectivity index (χ3n) is 2.34. The molecule has 4 nitrogen and oxygen atoms in total. The molecule has 0 saturated carbocycles. The van der Waals surface area contributed by atoms with Gasteiger partial charge < -0.3 is 9.47 Å². The molecule has 2 aromatic rings. The van der Waals surface area contributed by atoms with Crippen LogP contribution in [0, 0.1) is 0 Å². The Morgan fingerprint density at radius 1 is 1.15 bits per heavy atom. The van der Waals surface area contributed by atoms with Crippen LogP contribution < -0.4 is 9.47 Å². The van der Waals surface area contributed by atoms with Crippen LogP contribution in [0.15, 0.2) is 24.3 Å². The van der Waals surface area contributed by atoms with Crippen molar-refractivity contribution in [2.75, 3.05) is 0 Å². The molecule has 2 rings (SSSR count). The van der Waals surface area contributed by atoms with Crippen molar-refractivity contribution >= 4 is 11.5 Å². The topological polar surface area (TPSA) is 44.2 Å². The summed E-state index contributed by atoms with van der Waals surface area (Å²) in [5.74, 6) is 0.796. The van der Waals surface area contributed by atoms with Crippen molar-refractivity contribution in [3.8, 4) is 16.7 Å². The van der Waals surface area contributed by atoms with E-state index in [1.54, 1.807) is 12.1 Å². The van der Waals surface area contributed by atoms with E-state index in [0.29, 0.717) is 11.0 Å². The number of aromatic nitrogens is 2. The molecule has 0 fully saturated rings. The van der Waals surface area contributed by atoms with Gasteiger partial charge in [0.1, 0.15) is 0 Å². The molecule has 1 aromatic heterocycles. The Morgan fingerprint density at radius 3 is 2.35 bits per heavy atom. The summed E-state index contributed by atoms with van der Waals surface area (Å²) in [5.41, 5.74) is -0.197. The fourth-order valence-electron chi connectivity index (χ4n) is 1.38. The number of hydrogen-bond donors (Lipinski definition) is 0. The molecule has 0 atom stereocenters. The van der Waals surface area contributed by atoms with Gasteiger partial charge in [-0.2, -0.15) is 18.1 Å². The van der Waals surface area contributed by atoms with E-state index < -0.39 is 6.61 Å². The van der Waals surface area contributed by atoms with Crippen LogP contribution in [0.4, 0.5) is 8.78 Å². The molecule has 0 amide bonds. The minimum Gasteiger partial charge on any atom is -0.431 e. The predicted molar refractivity (Wildman–Crippen MR) is 71.8 cm³/mol. The highest BCUT2D eigenvalue weighted by Gasteiger charge is 2.21. The molecule has 0 aliphatic carbocycles. The maximum absolute atomic E-state index is 12.3. The first-order valence-corrected chi connectivity index (χ1v) is 6.69. The summed E-state index contributed by atoms with van der Waals surface area (Å²) >= 11 is 1.07. The molecule has 0 aliphatic heterocycles. The second kappa shape index (κ2) is 5.70. The first kappa shape index (κ1) is 14.6. The lowest BCUT2D eigenvalue weighted by molar-refractivity contribution is -0.0510. The van der Waals surface area contributed by atoms with Gasteiger partial charge in [0.2, 0.25) is 0 Å². The number of hydrogen-bond acceptors (Lipinski definition) is 5. The zero-order valence-electron chi connectivity index (χ0n) is 11.3. The fraction of sp³-hybridized carbons (Fsp3) is 0.385. The molecule has 0 unspecified atom stereocenters. The summed E-state index contributed by atoms with van der Waals surface area (Å²) in [7, 11) is 0. The molecule has 20 heavy (non-hydrogen) atoms. The molecule has 0 radical (unpaired) electrons. The van der Waals surface area contributed by atoms with Crippen molar-refractivity contribution in [3.63, 3.8) is 0 Å². The number of para-hydroxylation sites is 2. The van der Waals surface area contributed by atoms with E-state index in [0.717, 1.165) is 11.5 Å². The number of halogens is 2. The molecule has 0 bridgehead atoms. The monoisotopic (exact) mass is 300 g/mol. The second-order valence-electron chi connectivity index (χ2n) is 5.06. The molecular formula is C13H14F2N2O2S. The van der Waals surface area contributed by atoms with Crippen LogP contribution in [0.5, 0.6) is 16.7 Å². The standard InChI is InChI=1S/C13H14F2N2O2S/c1-13(2,3)10-16-12(20-17-10)19-9-7-5-4-6-8(9)18-11(14)15/h4-7,11H,1-3H3. The minimum absolute atomic E-state index is 0.0324. The minimum atomic E-state index is -2.90. The fourth-order valence-corrected chi connectivity index (χ4v) is 2.11. The lowest BCUT2D eigenvalue weighted by Gasteiger charge is -2.12. The second-order valence-corrected chi connectivity index (χ2v) is 5.78. The molecular weight excluding hydrogens is 286 g/mol. The van der Waals surface area contributed by atoms with Gasteiger partial charge in [-0.3, -0.25) is 0 Å². The highest BCUT2D eigenvalue weighted by Crippen LogP contribution is 2.34. The summed E-state index contributed by atoms with van der Waals surface area (Å²) in [6.45, 7) is 3.03. The maximum atomic E-state index is 12.3. The van der Waals surface area contributed by atoms with Gasteiger partial charge in [0.15, 0.2) is 17.3 Å². The van der Waals surface area contributed by atoms with Crippen molar-refractivity contribution in [1.82, 2.24) is 9.36 Å². The lowest BCUT2D eigenvalue weighted by atomic mass is 9.96. The average Bonchev–Trinajstić information content (AvgIpc) is 2.79. The van der Waals surface area contributed by atoms with Crippen molar-refractivity contribution in [3.05, 3.63) is 30.1 Å². The van der Waals surface area contributed by atoms with Gasteiger partial charge in [-0.05, 0) is 12.1 Å². The molecule has 1 heterocycles. The number of rotatable bonds is 4. The first-order valence-electron chi connectivity index (χ1n) is 5.92. The van der Waals surface area contributed by atoms with Gasteiger partial charge in [-0.15, -0.1) is 0 Å². The van der Waals surface area contributed by atoms with E-state index in [2.05, 4.69) is 14.1 Å². The molecule has 0 spiro atoms. The molecule has 0 aliphatic rings. The van der Waals surface area contributed by atoms with Crippen LogP contribution in [-0.4, -0.2) is 16.0 Å². The SMILES string of the molecule is CC(C)(C)c1nsc(Oc2ccccc2OC(F)F)n1. The Hall–Kier alpha value is -1.76. The summed E-state index contributed by atoms with van der Waals surface area (Å²) in [6.07, 6.45) is 0. The zero-order valence-corrected chi connectivity index (χ0v) is 12.1. The van der Waals surface area contributed by atoms with Gasteiger partial charge in [0.25, 0.3) is 5.19 Å². The van der Waals surface area contributed by atoms with Crippen LogP contribution in [0.1, 0.15) is 26.6 Å². The average molecular weight is 300 g/mol. The molecule has 0 saturated heterocycles. The van der Waals surface area contributed by atoms with Crippen molar-refractivity contribution < 1.29 is 18.3 Å². The van der Waals surface area contributed by atoms with Gasteiger partial charge in [-0.25, -0.2) is 0 Å². The van der Waals surface area contributed by atoms with Crippen LogP contribution in [0.2, 0.25) is 0 Å². The largest absolute Gasteiger partial charge is 0.431 e. The zero-order chi connectivity index (χ0) is 14.8. The van der Waals surface area contributed by atoms with E-state index in [-0.39, 0.29) is 16.9 Å². The Morgan fingerprint density at radius 2 is 1.80 bits per heavy atom. The summed E-state index contributed by atoms with van der Waals surface area (Å²) < 4.78 is 38.6. The number of nitrogens with zero attached hydrogens (tertiary/aromatic N) is 2. The van der Waals surface area contributed by atoms with Crippen LogP contribution in [0.3, 0.4) is 0 Å². The third-order valence-corrected chi connectivity index (χ3v) is 2.94. The lowest BCUT2D eigenvalue weighted by Crippen LogP contribution is -2.12. The van der Waals surface area contributed by atoms with E-state index in [1.807, 2.05) is 20.8 Å². The maximum Gasteiger partial charge on any atom is 0.387 e. The summed E-state index contributed by atoms with van der Waals surface area (Å²) in [6, 6.07) is 6.20. The Balaban J connectivity index is 2.20.